The van der Waals surface area contributed by atoms with Gasteiger partial charge in [0.1, 0.15) is 5.82 Å². The van der Waals surface area contributed by atoms with Crippen LogP contribution in [0.4, 0.5) is 4.39 Å². The molecule has 0 fully saturated rings. The lowest BCUT2D eigenvalue weighted by Crippen LogP contribution is -2.27. The van der Waals surface area contributed by atoms with Gasteiger partial charge in [0.25, 0.3) is 0 Å². The standard InChI is InChI=1S/C13H19ClFNO2/c1-2-16(5-7-18-8-6-17)10-11-3-4-12(14)9-13(11)15/h3-4,9,17H,2,5-8,10H2,1H3. The van der Waals surface area contributed by atoms with Crippen LogP contribution in [0.25, 0.3) is 0 Å². The van der Waals surface area contributed by atoms with E-state index >= 15 is 0 Å². The van der Waals surface area contributed by atoms with Gasteiger partial charge in [-0.05, 0) is 18.7 Å². The average molecular weight is 276 g/mol. The second kappa shape index (κ2) is 8.43. The first-order valence-electron chi connectivity index (χ1n) is 6.02. The number of hydrogen-bond acceptors (Lipinski definition) is 3. The fraction of sp³-hybridized carbons (Fsp3) is 0.538. The summed E-state index contributed by atoms with van der Waals surface area (Å²) < 4.78 is 18.8. The maximum atomic E-state index is 13.6. The Morgan fingerprint density at radius 3 is 2.78 bits per heavy atom. The predicted octanol–water partition coefficient (Wildman–Crippen LogP) is 2.31. The topological polar surface area (TPSA) is 32.7 Å². The van der Waals surface area contributed by atoms with E-state index in [1.807, 2.05) is 6.92 Å². The first-order valence-corrected chi connectivity index (χ1v) is 6.40. The van der Waals surface area contributed by atoms with E-state index in [1.165, 1.54) is 6.07 Å². The largest absolute Gasteiger partial charge is 0.394 e. The minimum Gasteiger partial charge on any atom is -0.394 e. The van der Waals surface area contributed by atoms with Crippen LogP contribution in [-0.4, -0.2) is 42.9 Å². The van der Waals surface area contributed by atoms with Gasteiger partial charge in [-0.1, -0.05) is 24.6 Å². The van der Waals surface area contributed by atoms with Crippen LogP contribution in [0, 0.1) is 5.82 Å². The Bertz CT molecular complexity index is 363. The van der Waals surface area contributed by atoms with Crippen molar-refractivity contribution < 1.29 is 14.2 Å². The van der Waals surface area contributed by atoms with Crippen LogP contribution < -0.4 is 0 Å². The summed E-state index contributed by atoms with van der Waals surface area (Å²) in [5, 5.41) is 8.99. The fourth-order valence-electron chi connectivity index (χ4n) is 1.60. The average Bonchev–Trinajstić information content (AvgIpc) is 2.35. The van der Waals surface area contributed by atoms with Crippen LogP contribution in [-0.2, 0) is 11.3 Å². The number of nitrogens with zero attached hydrogens (tertiary/aromatic N) is 1. The van der Waals surface area contributed by atoms with E-state index in [0.29, 0.717) is 36.9 Å². The summed E-state index contributed by atoms with van der Waals surface area (Å²) in [6.07, 6.45) is 0. The van der Waals surface area contributed by atoms with Gasteiger partial charge in [-0.15, -0.1) is 0 Å². The van der Waals surface area contributed by atoms with Crippen molar-refractivity contribution in [1.29, 1.82) is 0 Å². The summed E-state index contributed by atoms with van der Waals surface area (Å²) in [7, 11) is 0. The van der Waals surface area contributed by atoms with Gasteiger partial charge >= 0.3 is 0 Å². The molecule has 0 unspecified atom stereocenters. The number of likely N-dealkylation sites (N-methyl/N-ethyl adjacent to an activating group) is 1. The highest BCUT2D eigenvalue weighted by atomic mass is 35.5. The molecule has 0 radical (unpaired) electrons. The van der Waals surface area contributed by atoms with Gasteiger partial charge in [0, 0.05) is 23.7 Å². The van der Waals surface area contributed by atoms with Crippen molar-refractivity contribution >= 4 is 11.6 Å². The zero-order chi connectivity index (χ0) is 13.4. The minimum absolute atomic E-state index is 0.0257. The van der Waals surface area contributed by atoms with Crippen molar-refractivity contribution in [2.24, 2.45) is 0 Å². The molecule has 0 bridgehead atoms. The molecule has 1 aromatic rings. The molecule has 0 saturated carbocycles. The van der Waals surface area contributed by atoms with Crippen LogP contribution >= 0.6 is 11.6 Å². The van der Waals surface area contributed by atoms with Crippen molar-refractivity contribution in [1.82, 2.24) is 4.90 Å². The Morgan fingerprint density at radius 2 is 2.17 bits per heavy atom. The number of aliphatic hydroxyl groups is 1. The highest BCUT2D eigenvalue weighted by Gasteiger charge is 2.08. The Labute approximate surface area is 112 Å². The van der Waals surface area contributed by atoms with Crippen LogP contribution in [0.1, 0.15) is 12.5 Å². The molecule has 5 heteroatoms. The summed E-state index contributed by atoms with van der Waals surface area (Å²) in [4.78, 5) is 2.07. The van der Waals surface area contributed by atoms with Gasteiger partial charge < -0.3 is 9.84 Å². The molecule has 3 nitrogen and oxygen atoms in total. The van der Waals surface area contributed by atoms with E-state index in [0.717, 1.165) is 6.54 Å². The zero-order valence-corrected chi connectivity index (χ0v) is 11.3. The highest BCUT2D eigenvalue weighted by Crippen LogP contribution is 2.16. The van der Waals surface area contributed by atoms with E-state index < -0.39 is 0 Å². The molecule has 0 amide bonds. The van der Waals surface area contributed by atoms with Crippen LogP contribution in [0.5, 0.6) is 0 Å². The predicted molar refractivity (Wildman–Crippen MR) is 70.3 cm³/mol. The Balaban J connectivity index is 2.46. The van der Waals surface area contributed by atoms with Crippen molar-refractivity contribution in [2.75, 3.05) is 32.9 Å². The molecular weight excluding hydrogens is 257 g/mol. The molecular formula is C13H19ClFNO2. The SMILES string of the molecule is CCN(CCOCCO)Cc1ccc(Cl)cc1F. The lowest BCUT2D eigenvalue weighted by atomic mass is 10.2. The molecule has 0 spiro atoms. The molecule has 0 aliphatic rings. The number of hydrogen-bond donors (Lipinski definition) is 1. The van der Waals surface area contributed by atoms with Gasteiger partial charge in [0.15, 0.2) is 0 Å². The second-order valence-electron chi connectivity index (χ2n) is 3.94. The van der Waals surface area contributed by atoms with Crippen molar-refractivity contribution in [2.45, 2.75) is 13.5 Å². The van der Waals surface area contributed by atoms with Gasteiger partial charge in [0.2, 0.25) is 0 Å². The smallest absolute Gasteiger partial charge is 0.129 e. The fourth-order valence-corrected chi connectivity index (χ4v) is 1.76. The zero-order valence-electron chi connectivity index (χ0n) is 10.5. The van der Waals surface area contributed by atoms with Crippen molar-refractivity contribution in [3.8, 4) is 0 Å². The summed E-state index contributed by atoms with van der Waals surface area (Å²) >= 11 is 5.71. The van der Waals surface area contributed by atoms with Gasteiger partial charge in [-0.3, -0.25) is 4.90 Å². The van der Waals surface area contributed by atoms with Gasteiger partial charge in [0.05, 0.1) is 19.8 Å². The molecule has 18 heavy (non-hydrogen) atoms. The molecule has 0 heterocycles. The van der Waals surface area contributed by atoms with E-state index in [-0.39, 0.29) is 12.4 Å². The lowest BCUT2D eigenvalue weighted by Gasteiger charge is -2.20. The monoisotopic (exact) mass is 275 g/mol. The third kappa shape index (κ3) is 5.31. The van der Waals surface area contributed by atoms with E-state index in [4.69, 9.17) is 21.4 Å². The molecule has 0 aromatic heterocycles. The van der Waals surface area contributed by atoms with E-state index in [2.05, 4.69) is 4.90 Å². The Morgan fingerprint density at radius 1 is 1.39 bits per heavy atom. The van der Waals surface area contributed by atoms with Crippen LogP contribution in [0.3, 0.4) is 0 Å². The number of benzene rings is 1. The number of ether oxygens (including phenoxy) is 1. The lowest BCUT2D eigenvalue weighted by molar-refractivity contribution is 0.0730. The highest BCUT2D eigenvalue weighted by molar-refractivity contribution is 6.30. The first-order chi connectivity index (χ1) is 8.67. The summed E-state index contributed by atoms with van der Waals surface area (Å²) in [5.74, 6) is -0.280. The summed E-state index contributed by atoms with van der Waals surface area (Å²) in [5.41, 5.74) is 0.628. The summed E-state index contributed by atoms with van der Waals surface area (Å²) in [6.45, 7) is 4.96. The molecule has 1 aromatic carbocycles. The normalized spacial score (nSPS) is 11.2. The number of aliphatic hydroxyl groups excluding tert-OH is 1. The maximum Gasteiger partial charge on any atom is 0.129 e. The summed E-state index contributed by atoms with van der Waals surface area (Å²) in [6, 6.07) is 4.72. The third-order valence-corrected chi connectivity index (χ3v) is 2.88. The van der Waals surface area contributed by atoms with Crippen LogP contribution in [0.15, 0.2) is 18.2 Å². The Kier molecular flexibility index (Phi) is 7.20. The number of rotatable bonds is 8. The quantitative estimate of drug-likeness (QED) is 0.739. The minimum atomic E-state index is -0.280. The van der Waals surface area contributed by atoms with Crippen molar-refractivity contribution in [3.05, 3.63) is 34.6 Å². The van der Waals surface area contributed by atoms with Gasteiger partial charge in [-0.25, -0.2) is 4.39 Å². The first kappa shape index (κ1) is 15.4. The molecule has 0 saturated heterocycles. The molecule has 0 aliphatic heterocycles. The molecule has 1 rings (SSSR count). The van der Waals surface area contributed by atoms with Gasteiger partial charge in [-0.2, -0.15) is 0 Å². The van der Waals surface area contributed by atoms with E-state index in [9.17, 15) is 4.39 Å². The van der Waals surface area contributed by atoms with Crippen LogP contribution in [0.2, 0.25) is 5.02 Å². The molecule has 1 N–H and O–H groups in total. The van der Waals surface area contributed by atoms with E-state index in [1.54, 1.807) is 12.1 Å². The molecule has 0 atom stereocenters. The third-order valence-electron chi connectivity index (χ3n) is 2.64. The molecule has 0 aliphatic carbocycles. The number of halogens is 2. The Hall–Kier alpha value is -0.680. The van der Waals surface area contributed by atoms with Crippen molar-refractivity contribution in [3.63, 3.8) is 0 Å². The second-order valence-corrected chi connectivity index (χ2v) is 4.38. The maximum absolute atomic E-state index is 13.6. The molecule has 102 valence electrons.